The van der Waals surface area contributed by atoms with Crippen LogP contribution in [-0.4, -0.2) is 29.8 Å². The van der Waals surface area contributed by atoms with Gasteiger partial charge in [0.1, 0.15) is 0 Å². The van der Waals surface area contributed by atoms with E-state index in [0.29, 0.717) is 5.88 Å². The van der Waals surface area contributed by atoms with Crippen LogP contribution in [0.5, 0.6) is 0 Å². The van der Waals surface area contributed by atoms with Gasteiger partial charge in [0.05, 0.1) is 0 Å². The van der Waals surface area contributed by atoms with E-state index in [0.717, 1.165) is 32.4 Å². The molecule has 1 amide bonds. The average molecular weight is 190 g/mol. The summed E-state index contributed by atoms with van der Waals surface area (Å²) in [5, 5.41) is 0. The smallest absolute Gasteiger partial charge is 0.222 e. The summed E-state index contributed by atoms with van der Waals surface area (Å²) in [5.41, 5.74) is 0. The quantitative estimate of drug-likeness (QED) is 0.609. The van der Waals surface area contributed by atoms with Crippen LogP contribution in [0.3, 0.4) is 0 Å². The molecule has 12 heavy (non-hydrogen) atoms. The second kappa shape index (κ2) is 5.41. The lowest BCUT2D eigenvalue weighted by molar-refractivity contribution is -0.131. The largest absolute Gasteiger partial charge is 0.342 e. The van der Waals surface area contributed by atoms with Crippen LogP contribution in [0.15, 0.2) is 0 Å². The van der Waals surface area contributed by atoms with Crippen LogP contribution in [0, 0.1) is 0 Å². The minimum Gasteiger partial charge on any atom is -0.342 e. The SMILES string of the molecule is O=C1CCCCCCN1CCCl. The third-order valence-electron chi connectivity index (χ3n) is 2.28. The van der Waals surface area contributed by atoms with E-state index >= 15 is 0 Å². The fourth-order valence-electron chi connectivity index (χ4n) is 1.55. The van der Waals surface area contributed by atoms with Gasteiger partial charge in [-0.3, -0.25) is 4.79 Å². The van der Waals surface area contributed by atoms with E-state index in [1.54, 1.807) is 0 Å². The lowest BCUT2D eigenvalue weighted by atomic mass is 10.1. The highest BCUT2D eigenvalue weighted by molar-refractivity contribution is 6.18. The van der Waals surface area contributed by atoms with Crippen molar-refractivity contribution in [1.82, 2.24) is 4.90 Å². The van der Waals surface area contributed by atoms with Crippen LogP contribution in [-0.2, 0) is 4.79 Å². The summed E-state index contributed by atoms with van der Waals surface area (Å²) < 4.78 is 0. The van der Waals surface area contributed by atoms with Crippen LogP contribution in [0.4, 0.5) is 0 Å². The monoisotopic (exact) mass is 189 g/mol. The Morgan fingerprint density at radius 2 is 2.00 bits per heavy atom. The normalized spacial score (nSPS) is 20.4. The zero-order chi connectivity index (χ0) is 8.81. The maximum atomic E-state index is 11.4. The molecule has 1 heterocycles. The Balaban J connectivity index is 2.37. The average Bonchev–Trinajstić information content (AvgIpc) is 2.05. The Morgan fingerprint density at radius 1 is 1.25 bits per heavy atom. The molecule has 0 aromatic carbocycles. The summed E-state index contributed by atoms with van der Waals surface area (Å²) >= 11 is 5.60. The van der Waals surface area contributed by atoms with Crippen molar-refractivity contribution in [3.63, 3.8) is 0 Å². The van der Waals surface area contributed by atoms with Crippen molar-refractivity contribution in [2.75, 3.05) is 19.0 Å². The number of amides is 1. The molecule has 1 fully saturated rings. The minimum atomic E-state index is 0.287. The molecule has 0 saturated carbocycles. The Labute approximate surface area is 78.9 Å². The van der Waals surface area contributed by atoms with Crippen molar-refractivity contribution >= 4 is 17.5 Å². The van der Waals surface area contributed by atoms with Gasteiger partial charge in [-0.05, 0) is 12.8 Å². The molecule has 0 radical (unpaired) electrons. The van der Waals surface area contributed by atoms with Crippen molar-refractivity contribution in [2.24, 2.45) is 0 Å². The molecule has 0 aromatic rings. The summed E-state index contributed by atoms with van der Waals surface area (Å²) in [6.45, 7) is 1.63. The summed E-state index contributed by atoms with van der Waals surface area (Å²) in [6, 6.07) is 0. The van der Waals surface area contributed by atoms with Crippen molar-refractivity contribution in [2.45, 2.75) is 32.1 Å². The number of hydrogen-bond acceptors (Lipinski definition) is 1. The number of likely N-dealkylation sites (tertiary alicyclic amines) is 1. The molecule has 0 N–H and O–H groups in total. The number of halogens is 1. The number of hydrogen-bond donors (Lipinski definition) is 0. The molecule has 1 aliphatic rings. The van der Waals surface area contributed by atoms with Gasteiger partial charge in [-0.25, -0.2) is 0 Å². The first-order valence-corrected chi connectivity index (χ1v) is 5.22. The summed E-state index contributed by atoms with van der Waals surface area (Å²) in [5.74, 6) is 0.849. The highest BCUT2D eigenvalue weighted by Gasteiger charge is 2.13. The molecule has 1 saturated heterocycles. The first-order chi connectivity index (χ1) is 5.84. The van der Waals surface area contributed by atoms with Gasteiger partial charge in [0, 0.05) is 25.4 Å². The zero-order valence-electron chi connectivity index (χ0n) is 7.39. The van der Waals surface area contributed by atoms with Crippen molar-refractivity contribution in [3.05, 3.63) is 0 Å². The number of alkyl halides is 1. The standard InChI is InChI=1S/C9H16ClNO/c10-6-8-11-7-4-2-1-3-5-9(11)12/h1-8H2. The molecule has 0 atom stereocenters. The lowest BCUT2D eigenvalue weighted by Crippen LogP contribution is -2.34. The number of carbonyl (C=O) groups excluding carboxylic acids is 1. The molecule has 0 aromatic heterocycles. The molecular weight excluding hydrogens is 174 g/mol. The Hall–Kier alpha value is -0.240. The lowest BCUT2D eigenvalue weighted by Gasteiger charge is -2.23. The van der Waals surface area contributed by atoms with E-state index in [2.05, 4.69) is 0 Å². The van der Waals surface area contributed by atoms with Crippen LogP contribution in [0.2, 0.25) is 0 Å². The predicted molar refractivity (Wildman–Crippen MR) is 50.4 cm³/mol. The molecule has 0 spiro atoms. The van der Waals surface area contributed by atoms with E-state index in [1.165, 1.54) is 12.8 Å². The molecule has 1 aliphatic heterocycles. The molecule has 0 unspecified atom stereocenters. The second-order valence-electron chi connectivity index (χ2n) is 3.23. The van der Waals surface area contributed by atoms with Crippen molar-refractivity contribution in [1.29, 1.82) is 0 Å². The summed E-state index contributed by atoms with van der Waals surface area (Å²) in [7, 11) is 0. The van der Waals surface area contributed by atoms with Crippen LogP contribution in [0.25, 0.3) is 0 Å². The van der Waals surface area contributed by atoms with E-state index in [9.17, 15) is 4.79 Å². The van der Waals surface area contributed by atoms with Gasteiger partial charge in [0.2, 0.25) is 5.91 Å². The van der Waals surface area contributed by atoms with Gasteiger partial charge in [-0.15, -0.1) is 11.6 Å². The van der Waals surface area contributed by atoms with E-state index in [1.807, 2.05) is 4.90 Å². The highest BCUT2D eigenvalue weighted by atomic mass is 35.5. The van der Waals surface area contributed by atoms with E-state index in [-0.39, 0.29) is 5.91 Å². The van der Waals surface area contributed by atoms with Gasteiger partial charge >= 0.3 is 0 Å². The molecule has 70 valence electrons. The van der Waals surface area contributed by atoms with Gasteiger partial charge in [0.15, 0.2) is 0 Å². The minimum absolute atomic E-state index is 0.287. The number of rotatable bonds is 2. The Bertz CT molecular complexity index is 149. The predicted octanol–water partition coefficient (Wildman–Crippen LogP) is 2.02. The van der Waals surface area contributed by atoms with Crippen LogP contribution >= 0.6 is 11.6 Å². The molecule has 0 aliphatic carbocycles. The maximum absolute atomic E-state index is 11.4. The number of nitrogens with zero attached hydrogens (tertiary/aromatic N) is 1. The molecule has 3 heteroatoms. The van der Waals surface area contributed by atoms with Crippen LogP contribution < -0.4 is 0 Å². The Morgan fingerprint density at radius 3 is 2.75 bits per heavy atom. The van der Waals surface area contributed by atoms with Gasteiger partial charge < -0.3 is 4.90 Å². The molecule has 0 bridgehead atoms. The topological polar surface area (TPSA) is 20.3 Å². The van der Waals surface area contributed by atoms with E-state index < -0.39 is 0 Å². The van der Waals surface area contributed by atoms with Gasteiger partial charge in [0.25, 0.3) is 0 Å². The molecule has 2 nitrogen and oxygen atoms in total. The highest BCUT2D eigenvalue weighted by Crippen LogP contribution is 2.11. The summed E-state index contributed by atoms with van der Waals surface area (Å²) in [6.07, 6.45) is 5.38. The third kappa shape index (κ3) is 3.02. The van der Waals surface area contributed by atoms with Gasteiger partial charge in [-0.2, -0.15) is 0 Å². The van der Waals surface area contributed by atoms with Gasteiger partial charge in [-0.1, -0.05) is 12.8 Å². The zero-order valence-corrected chi connectivity index (χ0v) is 8.15. The second-order valence-corrected chi connectivity index (χ2v) is 3.61. The fraction of sp³-hybridized carbons (Fsp3) is 0.889. The molecule has 1 rings (SSSR count). The van der Waals surface area contributed by atoms with Crippen molar-refractivity contribution < 1.29 is 4.79 Å². The Kier molecular flexibility index (Phi) is 4.44. The third-order valence-corrected chi connectivity index (χ3v) is 2.44. The van der Waals surface area contributed by atoms with E-state index in [4.69, 9.17) is 11.6 Å². The first kappa shape index (κ1) is 9.85. The number of carbonyl (C=O) groups is 1. The molecular formula is C9H16ClNO. The first-order valence-electron chi connectivity index (χ1n) is 4.68. The summed E-state index contributed by atoms with van der Waals surface area (Å²) in [4.78, 5) is 13.3. The maximum Gasteiger partial charge on any atom is 0.222 e. The van der Waals surface area contributed by atoms with Crippen LogP contribution in [0.1, 0.15) is 32.1 Å². The fourth-order valence-corrected chi connectivity index (χ4v) is 1.76. The van der Waals surface area contributed by atoms with Crippen molar-refractivity contribution in [3.8, 4) is 0 Å².